The zero-order valence-electron chi connectivity index (χ0n) is 10.5. The van der Waals surface area contributed by atoms with Crippen LogP contribution < -0.4 is 5.32 Å². The summed E-state index contributed by atoms with van der Waals surface area (Å²) < 4.78 is 0. The average Bonchev–Trinajstić information content (AvgIpc) is 2.28. The lowest BCUT2D eigenvalue weighted by molar-refractivity contribution is -0.122. The molecule has 2 unspecified atom stereocenters. The minimum Gasteiger partial charge on any atom is -0.351 e. The van der Waals surface area contributed by atoms with E-state index < -0.39 is 0 Å². The Morgan fingerprint density at radius 1 is 1.56 bits per heavy atom. The Labute approximate surface area is 107 Å². The molecule has 0 aliphatic carbocycles. The zero-order chi connectivity index (χ0) is 12.1. The number of alkyl halides is 1. The molecule has 0 radical (unpaired) electrons. The number of rotatable bonds is 4. The third-order valence-electron chi connectivity index (χ3n) is 3.13. The lowest BCUT2D eigenvalue weighted by atomic mass is 10.0. The second-order valence-electron chi connectivity index (χ2n) is 4.89. The van der Waals surface area contributed by atoms with Gasteiger partial charge in [0, 0.05) is 12.6 Å². The molecule has 1 heterocycles. The molecule has 0 aromatic heterocycles. The van der Waals surface area contributed by atoms with Crippen molar-refractivity contribution in [3.05, 3.63) is 0 Å². The summed E-state index contributed by atoms with van der Waals surface area (Å²) in [5, 5.41) is 3.14. The molecule has 0 aromatic rings. The highest BCUT2D eigenvalue weighted by molar-refractivity contribution is 9.10. The Hall–Kier alpha value is -0.0900. The van der Waals surface area contributed by atoms with Gasteiger partial charge in [-0.05, 0) is 31.8 Å². The summed E-state index contributed by atoms with van der Waals surface area (Å²) in [5.41, 5.74) is 0. The summed E-state index contributed by atoms with van der Waals surface area (Å²) in [6.07, 6.45) is 2.30. The van der Waals surface area contributed by atoms with Crippen molar-refractivity contribution in [2.75, 3.05) is 19.6 Å². The molecule has 94 valence electrons. The Bertz CT molecular complexity index is 233. The quantitative estimate of drug-likeness (QED) is 0.804. The van der Waals surface area contributed by atoms with Gasteiger partial charge in [0.1, 0.15) is 0 Å². The standard InChI is InChI=1S/C12H23BrN2O/c1-4-15-7-5-6-10(8-15)14-12(16)11(13)9(2)3/h9-11H,4-8H2,1-3H3,(H,14,16). The number of likely N-dealkylation sites (N-methyl/N-ethyl adjacent to an activating group) is 1. The number of piperidine rings is 1. The molecular weight excluding hydrogens is 268 g/mol. The van der Waals surface area contributed by atoms with Crippen LogP contribution in [-0.4, -0.2) is 41.3 Å². The summed E-state index contributed by atoms with van der Waals surface area (Å²) in [4.78, 5) is 14.2. The number of amides is 1. The second kappa shape index (κ2) is 6.60. The number of nitrogens with one attached hydrogen (secondary N) is 1. The van der Waals surface area contributed by atoms with Gasteiger partial charge >= 0.3 is 0 Å². The van der Waals surface area contributed by atoms with E-state index in [4.69, 9.17) is 0 Å². The van der Waals surface area contributed by atoms with Crippen LogP contribution in [0, 0.1) is 5.92 Å². The van der Waals surface area contributed by atoms with Gasteiger partial charge < -0.3 is 10.2 Å². The van der Waals surface area contributed by atoms with Gasteiger partial charge in [0.15, 0.2) is 0 Å². The van der Waals surface area contributed by atoms with Gasteiger partial charge in [-0.3, -0.25) is 4.79 Å². The molecule has 0 spiro atoms. The highest BCUT2D eigenvalue weighted by Crippen LogP contribution is 2.14. The first-order chi connectivity index (χ1) is 7.54. The van der Waals surface area contributed by atoms with Crippen molar-refractivity contribution in [3.8, 4) is 0 Å². The van der Waals surface area contributed by atoms with Crippen molar-refractivity contribution in [3.63, 3.8) is 0 Å². The maximum atomic E-state index is 11.9. The number of halogens is 1. The van der Waals surface area contributed by atoms with E-state index in [0.29, 0.717) is 12.0 Å². The first-order valence-corrected chi connectivity index (χ1v) is 7.13. The molecule has 1 amide bonds. The summed E-state index contributed by atoms with van der Waals surface area (Å²) in [6.45, 7) is 9.53. The minimum absolute atomic E-state index is 0.0653. The molecular formula is C12H23BrN2O. The highest BCUT2D eigenvalue weighted by Gasteiger charge is 2.24. The number of hydrogen-bond donors (Lipinski definition) is 1. The fraction of sp³-hybridized carbons (Fsp3) is 0.917. The van der Waals surface area contributed by atoms with Crippen molar-refractivity contribution in [1.82, 2.24) is 10.2 Å². The molecule has 1 rings (SSSR count). The molecule has 1 N–H and O–H groups in total. The second-order valence-corrected chi connectivity index (χ2v) is 5.87. The summed E-state index contributed by atoms with van der Waals surface area (Å²) in [7, 11) is 0. The number of carbonyl (C=O) groups is 1. The number of nitrogens with zero attached hydrogens (tertiary/aromatic N) is 1. The summed E-state index contributed by atoms with van der Waals surface area (Å²) in [5.74, 6) is 0.476. The van der Waals surface area contributed by atoms with Crippen LogP contribution in [0.1, 0.15) is 33.6 Å². The van der Waals surface area contributed by atoms with Gasteiger partial charge in [0.25, 0.3) is 0 Å². The predicted molar refractivity (Wildman–Crippen MR) is 70.8 cm³/mol. The van der Waals surface area contributed by atoms with Crippen molar-refractivity contribution in [2.45, 2.75) is 44.5 Å². The smallest absolute Gasteiger partial charge is 0.234 e. The van der Waals surface area contributed by atoms with Crippen LogP contribution in [0.4, 0.5) is 0 Å². The van der Waals surface area contributed by atoms with Crippen molar-refractivity contribution in [1.29, 1.82) is 0 Å². The largest absolute Gasteiger partial charge is 0.351 e. The third-order valence-corrected chi connectivity index (χ3v) is 4.61. The highest BCUT2D eigenvalue weighted by atomic mass is 79.9. The molecule has 1 fully saturated rings. The van der Waals surface area contributed by atoms with Gasteiger partial charge in [0.2, 0.25) is 5.91 Å². The Morgan fingerprint density at radius 3 is 2.81 bits per heavy atom. The van der Waals surface area contributed by atoms with Crippen LogP contribution >= 0.6 is 15.9 Å². The maximum Gasteiger partial charge on any atom is 0.234 e. The van der Waals surface area contributed by atoms with Gasteiger partial charge in [-0.25, -0.2) is 0 Å². The molecule has 4 heteroatoms. The molecule has 1 aliphatic heterocycles. The SMILES string of the molecule is CCN1CCCC(NC(=O)C(Br)C(C)C)C1. The lowest BCUT2D eigenvalue weighted by Crippen LogP contribution is -2.49. The molecule has 1 saturated heterocycles. The monoisotopic (exact) mass is 290 g/mol. The number of carbonyl (C=O) groups excluding carboxylic acids is 1. The normalized spacial score (nSPS) is 24.4. The lowest BCUT2D eigenvalue weighted by Gasteiger charge is -2.32. The number of likely N-dealkylation sites (tertiary alicyclic amines) is 1. The van der Waals surface area contributed by atoms with E-state index in [0.717, 1.165) is 19.5 Å². The topological polar surface area (TPSA) is 32.3 Å². The first-order valence-electron chi connectivity index (χ1n) is 6.21. The van der Waals surface area contributed by atoms with Crippen LogP contribution in [0.15, 0.2) is 0 Å². The van der Waals surface area contributed by atoms with E-state index in [1.165, 1.54) is 13.0 Å². The van der Waals surface area contributed by atoms with Crippen LogP contribution in [0.25, 0.3) is 0 Å². The van der Waals surface area contributed by atoms with E-state index in [-0.39, 0.29) is 10.7 Å². The van der Waals surface area contributed by atoms with Crippen molar-refractivity contribution in [2.24, 2.45) is 5.92 Å². The number of hydrogen-bond acceptors (Lipinski definition) is 2. The Morgan fingerprint density at radius 2 is 2.25 bits per heavy atom. The zero-order valence-corrected chi connectivity index (χ0v) is 12.1. The molecule has 0 saturated carbocycles. The molecule has 1 aliphatic rings. The van der Waals surface area contributed by atoms with E-state index in [2.05, 4.69) is 46.9 Å². The van der Waals surface area contributed by atoms with E-state index in [1.54, 1.807) is 0 Å². The van der Waals surface area contributed by atoms with Gasteiger partial charge in [-0.1, -0.05) is 36.7 Å². The Balaban J connectivity index is 2.38. The summed E-state index contributed by atoms with van der Waals surface area (Å²) >= 11 is 3.44. The van der Waals surface area contributed by atoms with Crippen LogP contribution in [0.3, 0.4) is 0 Å². The predicted octanol–water partition coefficient (Wildman–Crippen LogP) is 2.01. The fourth-order valence-corrected chi connectivity index (χ4v) is 2.18. The van der Waals surface area contributed by atoms with Gasteiger partial charge in [-0.15, -0.1) is 0 Å². The van der Waals surface area contributed by atoms with E-state index in [1.807, 2.05) is 0 Å². The Kier molecular flexibility index (Phi) is 5.76. The molecule has 3 nitrogen and oxygen atoms in total. The molecule has 0 aromatic carbocycles. The summed E-state index contributed by atoms with van der Waals surface area (Å²) in [6, 6.07) is 0.333. The van der Waals surface area contributed by atoms with Crippen LogP contribution in [-0.2, 0) is 4.79 Å². The molecule has 16 heavy (non-hydrogen) atoms. The third kappa shape index (κ3) is 4.06. The minimum atomic E-state index is -0.0653. The van der Waals surface area contributed by atoms with Crippen molar-refractivity contribution < 1.29 is 4.79 Å². The fourth-order valence-electron chi connectivity index (χ4n) is 2.04. The van der Waals surface area contributed by atoms with Gasteiger partial charge in [-0.2, -0.15) is 0 Å². The van der Waals surface area contributed by atoms with Crippen LogP contribution in [0.2, 0.25) is 0 Å². The molecule has 0 bridgehead atoms. The molecule has 2 atom stereocenters. The maximum absolute atomic E-state index is 11.9. The first kappa shape index (κ1) is 14.0. The van der Waals surface area contributed by atoms with Crippen molar-refractivity contribution >= 4 is 21.8 Å². The van der Waals surface area contributed by atoms with E-state index >= 15 is 0 Å². The van der Waals surface area contributed by atoms with Crippen LogP contribution in [0.5, 0.6) is 0 Å². The van der Waals surface area contributed by atoms with Gasteiger partial charge in [0.05, 0.1) is 4.83 Å². The average molecular weight is 291 g/mol. The van der Waals surface area contributed by atoms with E-state index in [9.17, 15) is 4.79 Å².